The normalized spacial score (nSPS) is 31.4. The Hall–Kier alpha value is -1.93. The van der Waals surface area contributed by atoms with Gasteiger partial charge in [-0.3, -0.25) is 9.69 Å². The summed E-state index contributed by atoms with van der Waals surface area (Å²) in [5.41, 5.74) is 1.73. The van der Waals surface area contributed by atoms with Gasteiger partial charge in [-0.15, -0.1) is 0 Å². The van der Waals surface area contributed by atoms with E-state index in [1.807, 2.05) is 48.5 Å². The number of Topliss-reactive ketones (excluding diaryl/α,β-unsaturated/α-hetero) is 1. The maximum atomic E-state index is 13.1. The Labute approximate surface area is 139 Å². The first kappa shape index (κ1) is 13.5. The Morgan fingerprint density at radius 1 is 0.913 bits per heavy atom. The first-order valence-electron chi connectivity index (χ1n) is 9.16. The molecule has 1 aliphatic carbocycles. The second-order valence-electron chi connectivity index (χ2n) is 6.59. The molecule has 0 spiro atoms. The molecule has 0 bridgehead atoms. The molecule has 0 aromatic heterocycles. The topological polar surface area (TPSA) is 20.1 Å². The van der Waals surface area contributed by atoms with E-state index in [2.05, 4.69) is 17.0 Å². The Morgan fingerprint density at radius 3 is 2.17 bits per heavy atom. The Balaban J connectivity index is 1.69. The van der Waals surface area contributed by atoms with E-state index in [1.54, 1.807) is 0 Å². The van der Waals surface area contributed by atoms with Gasteiger partial charge in [0.1, 0.15) is 0 Å². The standard InChI is InChI=1S/C21H23NO/c23-21(17-12-6-2-7-13-17)20-19(16-10-4-1-5-11-16)22(20)18-14-8-3-9-15-18/h1-2,4-7,10-13,18-20H,3,8-9,14-15H2/i20D. The van der Waals surface area contributed by atoms with Crippen molar-refractivity contribution < 1.29 is 6.17 Å². The molecule has 1 aliphatic heterocycles. The number of ketones is 1. The molecule has 3 unspecified atom stereocenters. The van der Waals surface area contributed by atoms with Crippen LogP contribution in [0.2, 0.25) is 0 Å². The molecular weight excluding hydrogens is 282 g/mol. The molecule has 0 radical (unpaired) electrons. The van der Waals surface area contributed by atoms with Crippen LogP contribution < -0.4 is 0 Å². The molecule has 2 aliphatic rings. The van der Waals surface area contributed by atoms with E-state index >= 15 is 0 Å². The smallest absolute Gasteiger partial charge is 0.181 e. The molecule has 2 aromatic carbocycles. The molecule has 1 saturated heterocycles. The molecule has 2 nitrogen and oxygen atoms in total. The van der Waals surface area contributed by atoms with Crippen LogP contribution in [0.3, 0.4) is 0 Å². The average Bonchev–Trinajstić information content (AvgIpc) is 3.30. The van der Waals surface area contributed by atoms with Gasteiger partial charge < -0.3 is 0 Å². The number of carbonyl (C=O) groups excluding carboxylic acids is 1. The van der Waals surface area contributed by atoms with E-state index in [-0.39, 0.29) is 11.8 Å². The summed E-state index contributed by atoms with van der Waals surface area (Å²) in [6, 6.07) is 18.5. The average molecular weight is 306 g/mol. The van der Waals surface area contributed by atoms with Crippen LogP contribution in [-0.2, 0) is 0 Å². The second-order valence-corrected chi connectivity index (χ2v) is 6.59. The zero-order valence-electron chi connectivity index (χ0n) is 14.3. The molecule has 0 amide bonds. The van der Waals surface area contributed by atoms with E-state index in [4.69, 9.17) is 1.37 Å². The molecule has 2 fully saturated rings. The SMILES string of the molecule is [2H]C1(C(=O)c2ccccc2)C(c2ccccc2)N1C1CCCCC1. The van der Waals surface area contributed by atoms with Crippen molar-refractivity contribution in [2.75, 3.05) is 0 Å². The van der Waals surface area contributed by atoms with Crippen LogP contribution in [0.4, 0.5) is 0 Å². The molecule has 1 saturated carbocycles. The third-order valence-electron chi connectivity index (χ3n) is 5.10. The molecule has 2 heteroatoms. The van der Waals surface area contributed by atoms with E-state index in [1.165, 1.54) is 19.3 Å². The number of hydrogen-bond donors (Lipinski definition) is 0. The lowest BCUT2D eigenvalue weighted by Gasteiger charge is -2.24. The lowest BCUT2D eigenvalue weighted by atomic mass is 9.95. The van der Waals surface area contributed by atoms with Crippen molar-refractivity contribution in [3.05, 3.63) is 71.8 Å². The minimum absolute atomic E-state index is 0.0671. The zero-order chi connectivity index (χ0) is 16.6. The third kappa shape index (κ3) is 2.84. The number of carbonyl (C=O) groups is 1. The van der Waals surface area contributed by atoms with Gasteiger partial charge in [-0.1, -0.05) is 79.9 Å². The minimum Gasteiger partial charge on any atom is -0.292 e. The summed E-state index contributed by atoms with van der Waals surface area (Å²) in [7, 11) is 0. The molecule has 2 aromatic rings. The van der Waals surface area contributed by atoms with Crippen LogP contribution in [0.15, 0.2) is 60.7 Å². The fourth-order valence-electron chi connectivity index (χ4n) is 3.91. The van der Waals surface area contributed by atoms with Crippen LogP contribution >= 0.6 is 0 Å². The van der Waals surface area contributed by atoms with Gasteiger partial charge in [0.2, 0.25) is 0 Å². The Bertz CT molecular complexity index is 711. The third-order valence-corrected chi connectivity index (χ3v) is 5.10. The van der Waals surface area contributed by atoms with Gasteiger partial charge >= 0.3 is 0 Å². The van der Waals surface area contributed by atoms with Crippen molar-refractivity contribution in [1.29, 1.82) is 0 Å². The first-order chi connectivity index (χ1) is 11.7. The van der Waals surface area contributed by atoms with Crippen LogP contribution in [0.5, 0.6) is 0 Å². The predicted molar refractivity (Wildman–Crippen MR) is 92.5 cm³/mol. The molecule has 23 heavy (non-hydrogen) atoms. The summed E-state index contributed by atoms with van der Waals surface area (Å²) < 4.78 is 9.05. The lowest BCUT2D eigenvalue weighted by molar-refractivity contribution is 0.0963. The van der Waals surface area contributed by atoms with Gasteiger partial charge in [0.05, 0.1) is 13.4 Å². The molecule has 0 N–H and O–H groups in total. The van der Waals surface area contributed by atoms with Crippen molar-refractivity contribution in [3.63, 3.8) is 0 Å². The van der Waals surface area contributed by atoms with E-state index in [9.17, 15) is 4.79 Å². The molecule has 3 atom stereocenters. The van der Waals surface area contributed by atoms with Crippen molar-refractivity contribution in [3.8, 4) is 0 Å². The Morgan fingerprint density at radius 2 is 1.52 bits per heavy atom. The summed E-state index contributed by atoms with van der Waals surface area (Å²) in [5, 5.41) is 0. The fraction of sp³-hybridized carbons (Fsp3) is 0.381. The predicted octanol–water partition coefficient (Wildman–Crippen LogP) is 4.63. The summed E-state index contributed by atoms with van der Waals surface area (Å²) in [6.45, 7) is 0. The highest BCUT2D eigenvalue weighted by Crippen LogP contribution is 2.49. The number of nitrogens with zero attached hydrogens (tertiary/aromatic N) is 1. The highest BCUT2D eigenvalue weighted by Gasteiger charge is 2.55. The largest absolute Gasteiger partial charge is 0.292 e. The number of benzene rings is 2. The number of rotatable bonds is 4. The van der Waals surface area contributed by atoms with Gasteiger partial charge in [-0.25, -0.2) is 0 Å². The summed E-state index contributed by atoms with van der Waals surface area (Å²) >= 11 is 0. The maximum absolute atomic E-state index is 13.1. The fourth-order valence-corrected chi connectivity index (χ4v) is 3.91. The van der Waals surface area contributed by atoms with Crippen LogP contribution in [0, 0.1) is 0 Å². The van der Waals surface area contributed by atoms with Crippen molar-refractivity contribution in [2.24, 2.45) is 0 Å². The van der Waals surface area contributed by atoms with Gasteiger partial charge in [0.15, 0.2) is 5.78 Å². The molecular formula is C21H23NO. The molecule has 4 rings (SSSR count). The maximum Gasteiger partial charge on any atom is 0.181 e. The van der Waals surface area contributed by atoms with Crippen molar-refractivity contribution in [2.45, 2.75) is 50.2 Å². The Kier molecular flexibility index (Phi) is 3.69. The van der Waals surface area contributed by atoms with Crippen LogP contribution in [-0.4, -0.2) is 22.7 Å². The molecule has 118 valence electrons. The summed E-state index contributed by atoms with van der Waals surface area (Å²) in [5.74, 6) is -0.0671. The lowest BCUT2D eigenvalue weighted by Crippen LogP contribution is -2.26. The summed E-state index contributed by atoms with van der Waals surface area (Å²) in [4.78, 5) is 15.3. The van der Waals surface area contributed by atoms with Crippen LogP contribution in [0.25, 0.3) is 0 Å². The zero-order valence-corrected chi connectivity index (χ0v) is 13.3. The van der Waals surface area contributed by atoms with E-state index < -0.39 is 6.02 Å². The van der Waals surface area contributed by atoms with E-state index in [0.717, 1.165) is 18.4 Å². The van der Waals surface area contributed by atoms with Crippen molar-refractivity contribution in [1.82, 2.24) is 4.90 Å². The minimum atomic E-state index is -1.15. The summed E-state index contributed by atoms with van der Waals surface area (Å²) in [6.07, 6.45) is 5.90. The van der Waals surface area contributed by atoms with E-state index in [0.29, 0.717) is 11.6 Å². The van der Waals surface area contributed by atoms with Crippen LogP contribution in [0.1, 0.15) is 55.4 Å². The highest BCUT2D eigenvalue weighted by molar-refractivity contribution is 6.02. The second kappa shape index (κ2) is 6.29. The van der Waals surface area contributed by atoms with Gasteiger partial charge in [0.25, 0.3) is 0 Å². The van der Waals surface area contributed by atoms with Gasteiger partial charge in [-0.05, 0) is 18.4 Å². The molecule has 1 heterocycles. The quantitative estimate of drug-likeness (QED) is 0.606. The van der Waals surface area contributed by atoms with Crippen molar-refractivity contribution >= 4 is 5.78 Å². The first-order valence-corrected chi connectivity index (χ1v) is 8.66. The van der Waals surface area contributed by atoms with Gasteiger partial charge in [-0.2, -0.15) is 0 Å². The number of hydrogen-bond acceptors (Lipinski definition) is 2. The monoisotopic (exact) mass is 306 g/mol. The highest BCUT2D eigenvalue weighted by atomic mass is 16.1. The van der Waals surface area contributed by atoms with Gasteiger partial charge in [0, 0.05) is 11.6 Å².